The smallest absolute Gasteiger partial charge is 0.255 e. The van der Waals surface area contributed by atoms with Gasteiger partial charge in [0.25, 0.3) is 5.89 Å². The lowest BCUT2D eigenvalue weighted by atomic mass is 10.1. The van der Waals surface area contributed by atoms with Crippen LogP contribution in [0.3, 0.4) is 0 Å². The van der Waals surface area contributed by atoms with E-state index in [-0.39, 0.29) is 18.5 Å². The third kappa shape index (κ3) is 4.82. The summed E-state index contributed by atoms with van der Waals surface area (Å²) in [6.45, 7) is 2.82. The molecule has 7 heteroatoms. The molecule has 0 saturated carbocycles. The van der Waals surface area contributed by atoms with Gasteiger partial charge >= 0.3 is 0 Å². The van der Waals surface area contributed by atoms with Gasteiger partial charge in [-0.15, -0.1) is 12.4 Å². The SMILES string of the molecule is COc1cccc(COC(C)c2nc(-c3ccc(CN)cc3)no2)c1.Cl. The maximum atomic E-state index is 5.83. The molecule has 1 heterocycles. The first-order valence-electron chi connectivity index (χ1n) is 8.07. The van der Waals surface area contributed by atoms with Crippen LogP contribution < -0.4 is 10.5 Å². The molecule has 26 heavy (non-hydrogen) atoms. The zero-order valence-corrected chi connectivity index (χ0v) is 15.5. The number of aromatic nitrogens is 2. The Kier molecular flexibility index (Phi) is 7.15. The Balaban J connectivity index is 0.00000243. The largest absolute Gasteiger partial charge is 0.497 e. The van der Waals surface area contributed by atoms with E-state index in [2.05, 4.69) is 10.1 Å². The van der Waals surface area contributed by atoms with Crippen LogP contribution in [-0.2, 0) is 17.9 Å². The van der Waals surface area contributed by atoms with Crippen LogP contribution in [0.25, 0.3) is 11.4 Å². The molecule has 0 amide bonds. The Morgan fingerprint density at radius 1 is 1.12 bits per heavy atom. The van der Waals surface area contributed by atoms with Gasteiger partial charge in [0.15, 0.2) is 0 Å². The summed E-state index contributed by atoms with van der Waals surface area (Å²) in [7, 11) is 1.64. The van der Waals surface area contributed by atoms with Crippen LogP contribution in [0, 0.1) is 0 Å². The summed E-state index contributed by atoms with van der Waals surface area (Å²) in [5, 5.41) is 4.03. The van der Waals surface area contributed by atoms with Gasteiger partial charge in [0.05, 0.1) is 13.7 Å². The number of halogens is 1. The summed E-state index contributed by atoms with van der Waals surface area (Å²) >= 11 is 0. The monoisotopic (exact) mass is 375 g/mol. The van der Waals surface area contributed by atoms with Gasteiger partial charge in [-0.2, -0.15) is 4.98 Å². The van der Waals surface area contributed by atoms with Gasteiger partial charge in [0, 0.05) is 12.1 Å². The highest BCUT2D eigenvalue weighted by Crippen LogP contribution is 2.22. The van der Waals surface area contributed by atoms with E-state index in [0.29, 0.717) is 24.9 Å². The lowest BCUT2D eigenvalue weighted by molar-refractivity contribution is 0.0307. The highest BCUT2D eigenvalue weighted by Gasteiger charge is 2.16. The number of rotatable bonds is 7. The molecule has 1 unspecified atom stereocenters. The van der Waals surface area contributed by atoms with E-state index in [1.165, 1.54) is 0 Å². The first kappa shape index (κ1) is 19.9. The van der Waals surface area contributed by atoms with Gasteiger partial charge in [-0.25, -0.2) is 0 Å². The summed E-state index contributed by atoms with van der Waals surface area (Å²) in [6, 6.07) is 15.5. The molecule has 0 aliphatic heterocycles. The van der Waals surface area contributed by atoms with Gasteiger partial charge in [0.1, 0.15) is 11.9 Å². The molecule has 2 N–H and O–H groups in total. The van der Waals surface area contributed by atoms with Crippen molar-refractivity contribution in [1.82, 2.24) is 10.1 Å². The topological polar surface area (TPSA) is 83.4 Å². The minimum atomic E-state index is -0.309. The van der Waals surface area contributed by atoms with Gasteiger partial charge in [-0.1, -0.05) is 41.6 Å². The molecule has 1 atom stereocenters. The van der Waals surface area contributed by atoms with Crippen LogP contribution in [-0.4, -0.2) is 17.3 Å². The average Bonchev–Trinajstić information content (AvgIpc) is 3.16. The predicted octanol–water partition coefficient (Wildman–Crippen LogP) is 3.90. The minimum Gasteiger partial charge on any atom is -0.497 e. The third-order valence-electron chi connectivity index (χ3n) is 3.87. The lowest BCUT2D eigenvalue weighted by Crippen LogP contribution is -2.01. The Morgan fingerprint density at radius 3 is 2.58 bits per heavy atom. The number of methoxy groups -OCH3 is 1. The minimum absolute atomic E-state index is 0. The normalized spacial score (nSPS) is 11.7. The molecule has 3 aromatic rings. The van der Waals surface area contributed by atoms with Crippen molar-refractivity contribution in [3.63, 3.8) is 0 Å². The molecule has 3 rings (SSSR count). The standard InChI is InChI=1S/C19H21N3O3.ClH/c1-13(24-12-15-4-3-5-17(10-15)23-2)19-21-18(22-25-19)16-8-6-14(11-20)7-9-16;/h3-10,13H,11-12,20H2,1-2H3;1H. The number of ether oxygens (including phenoxy) is 2. The first-order chi connectivity index (χ1) is 12.2. The molecule has 2 aromatic carbocycles. The lowest BCUT2D eigenvalue weighted by Gasteiger charge is -2.09. The first-order valence-corrected chi connectivity index (χ1v) is 8.07. The average molecular weight is 376 g/mol. The predicted molar refractivity (Wildman–Crippen MR) is 101 cm³/mol. The number of nitrogens with zero attached hydrogens (tertiary/aromatic N) is 2. The summed E-state index contributed by atoms with van der Waals surface area (Å²) in [4.78, 5) is 4.42. The van der Waals surface area contributed by atoms with E-state index in [0.717, 1.165) is 22.4 Å². The molecule has 0 saturated heterocycles. The molecule has 0 fully saturated rings. The van der Waals surface area contributed by atoms with E-state index in [1.54, 1.807) is 7.11 Å². The summed E-state index contributed by atoms with van der Waals surface area (Å²) in [5.74, 6) is 1.78. The van der Waals surface area contributed by atoms with E-state index in [9.17, 15) is 0 Å². The van der Waals surface area contributed by atoms with Crippen LogP contribution >= 0.6 is 12.4 Å². The van der Waals surface area contributed by atoms with Crippen LogP contribution in [0.4, 0.5) is 0 Å². The van der Waals surface area contributed by atoms with Crippen molar-refractivity contribution in [2.75, 3.05) is 7.11 Å². The van der Waals surface area contributed by atoms with Crippen LogP contribution in [0.5, 0.6) is 5.75 Å². The van der Waals surface area contributed by atoms with Crippen molar-refractivity contribution in [2.24, 2.45) is 5.73 Å². The molecule has 0 aliphatic carbocycles. The summed E-state index contributed by atoms with van der Waals surface area (Å²) in [6.07, 6.45) is -0.309. The van der Waals surface area contributed by atoms with Crippen molar-refractivity contribution >= 4 is 12.4 Å². The zero-order valence-electron chi connectivity index (χ0n) is 14.7. The fourth-order valence-corrected chi connectivity index (χ4v) is 2.36. The quantitative estimate of drug-likeness (QED) is 0.674. The molecule has 6 nitrogen and oxygen atoms in total. The fraction of sp³-hybridized carbons (Fsp3) is 0.263. The maximum Gasteiger partial charge on any atom is 0.255 e. The second-order valence-electron chi connectivity index (χ2n) is 5.66. The maximum absolute atomic E-state index is 5.83. The van der Waals surface area contributed by atoms with Crippen molar-refractivity contribution in [1.29, 1.82) is 0 Å². The molecule has 1 aromatic heterocycles. The molecular formula is C19H22ClN3O3. The highest BCUT2D eigenvalue weighted by atomic mass is 35.5. The van der Waals surface area contributed by atoms with Crippen molar-refractivity contribution in [3.8, 4) is 17.1 Å². The number of hydrogen-bond acceptors (Lipinski definition) is 6. The number of nitrogens with two attached hydrogens (primary N) is 1. The van der Waals surface area contributed by atoms with Crippen LogP contribution in [0.1, 0.15) is 30.0 Å². The number of hydrogen-bond donors (Lipinski definition) is 1. The molecular weight excluding hydrogens is 354 g/mol. The van der Waals surface area contributed by atoms with Crippen molar-refractivity contribution in [2.45, 2.75) is 26.2 Å². The van der Waals surface area contributed by atoms with Gasteiger partial charge in [0.2, 0.25) is 5.82 Å². The fourth-order valence-electron chi connectivity index (χ4n) is 2.36. The third-order valence-corrected chi connectivity index (χ3v) is 3.87. The summed E-state index contributed by atoms with van der Waals surface area (Å²) < 4.78 is 16.4. The van der Waals surface area contributed by atoms with Crippen molar-refractivity contribution < 1.29 is 14.0 Å². The second-order valence-corrected chi connectivity index (χ2v) is 5.66. The molecule has 0 bridgehead atoms. The van der Waals surface area contributed by atoms with Crippen LogP contribution in [0.2, 0.25) is 0 Å². The molecule has 0 spiro atoms. The molecule has 0 aliphatic rings. The van der Waals surface area contributed by atoms with E-state index in [4.69, 9.17) is 19.7 Å². The van der Waals surface area contributed by atoms with Gasteiger partial charge < -0.3 is 19.7 Å². The Morgan fingerprint density at radius 2 is 1.88 bits per heavy atom. The van der Waals surface area contributed by atoms with E-state index < -0.39 is 0 Å². The molecule has 138 valence electrons. The van der Waals surface area contributed by atoms with Gasteiger partial charge in [-0.05, 0) is 30.2 Å². The molecule has 0 radical (unpaired) electrons. The Labute approximate surface area is 158 Å². The van der Waals surface area contributed by atoms with Crippen LogP contribution in [0.15, 0.2) is 53.1 Å². The Bertz CT molecular complexity index is 821. The number of benzene rings is 2. The highest BCUT2D eigenvalue weighted by molar-refractivity contribution is 5.85. The summed E-state index contributed by atoms with van der Waals surface area (Å²) in [5.41, 5.74) is 8.56. The Hall–Kier alpha value is -2.41. The van der Waals surface area contributed by atoms with Crippen molar-refractivity contribution in [3.05, 3.63) is 65.5 Å². The van der Waals surface area contributed by atoms with Gasteiger partial charge in [-0.3, -0.25) is 0 Å². The van der Waals surface area contributed by atoms with E-state index in [1.807, 2.05) is 55.5 Å². The zero-order chi connectivity index (χ0) is 17.6. The van der Waals surface area contributed by atoms with E-state index >= 15 is 0 Å². The second kappa shape index (κ2) is 9.33.